The van der Waals surface area contributed by atoms with Gasteiger partial charge in [-0.1, -0.05) is 36.4 Å². The maximum atomic E-state index is 12.7. The van der Waals surface area contributed by atoms with Crippen LogP contribution in [0.3, 0.4) is 0 Å². The number of hydrogen-bond acceptors (Lipinski definition) is 5. The van der Waals surface area contributed by atoms with Crippen LogP contribution in [-0.4, -0.2) is 34.9 Å². The summed E-state index contributed by atoms with van der Waals surface area (Å²) in [4.78, 5) is 19.3. The number of rotatable bonds is 6. The van der Waals surface area contributed by atoms with Gasteiger partial charge < -0.3 is 10.6 Å². The second-order valence-corrected chi connectivity index (χ2v) is 7.95. The van der Waals surface area contributed by atoms with E-state index in [1.165, 1.54) is 16.9 Å². The Hall–Kier alpha value is -2.70. The Morgan fingerprint density at radius 1 is 1.11 bits per heavy atom. The summed E-state index contributed by atoms with van der Waals surface area (Å²) in [5, 5.41) is 9.17. The maximum Gasteiger partial charge on any atom is 0.251 e. The molecular weight excluding hydrogens is 368 g/mol. The molecule has 28 heavy (non-hydrogen) atoms. The Morgan fingerprint density at radius 2 is 1.93 bits per heavy atom. The minimum atomic E-state index is -0.00991. The summed E-state index contributed by atoms with van der Waals surface area (Å²) in [6.07, 6.45) is 3.72. The van der Waals surface area contributed by atoms with E-state index in [4.69, 9.17) is 0 Å². The molecule has 2 heterocycles. The molecule has 1 aliphatic rings. The van der Waals surface area contributed by atoms with Crippen molar-refractivity contribution in [3.63, 3.8) is 0 Å². The zero-order valence-electron chi connectivity index (χ0n) is 15.7. The summed E-state index contributed by atoms with van der Waals surface area (Å²) in [7, 11) is 0. The Balaban J connectivity index is 1.28. The predicted molar refractivity (Wildman–Crippen MR) is 114 cm³/mol. The third kappa shape index (κ3) is 4.97. The summed E-state index contributed by atoms with van der Waals surface area (Å²) in [5.74, 6) is -0.00991. The molecule has 0 unspecified atom stereocenters. The Labute approximate surface area is 169 Å². The van der Waals surface area contributed by atoms with E-state index in [2.05, 4.69) is 44.8 Å². The van der Waals surface area contributed by atoms with Gasteiger partial charge >= 0.3 is 0 Å². The molecule has 0 atom stereocenters. The molecule has 1 aromatic heterocycles. The first-order valence-corrected chi connectivity index (χ1v) is 10.5. The van der Waals surface area contributed by atoms with Crippen molar-refractivity contribution >= 4 is 28.1 Å². The normalized spacial score (nSPS) is 15.3. The first-order valence-electron chi connectivity index (χ1n) is 9.60. The second-order valence-electron chi connectivity index (χ2n) is 7.05. The van der Waals surface area contributed by atoms with E-state index in [9.17, 15) is 4.79 Å². The minimum absolute atomic E-state index is 0.00991. The summed E-state index contributed by atoms with van der Waals surface area (Å²) >= 11 is 1.53. The molecule has 1 amide bonds. The van der Waals surface area contributed by atoms with Crippen LogP contribution >= 0.6 is 11.3 Å². The minimum Gasteiger partial charge on any atom is -0.349 e. The van der Waals surface area contributed by atoms with Gasteiger partial charge in [0.05, 0.1) is 0 Å². The van der Waals surface area contributed by atoms with Crippen LogP contribution in [0.1, 0.15) is 28.8 Å². The van der Waals surface area contributed by atoms with Gasteiger partial charge in [-0.2, -0.15) is 0 Å². The summed E-state index contributed by atoms with van der Waals surface area (Å²) in [5.41, 5.74) is 2.89. The van der Waals surface area contributed by atoms with Crippen LogP contribution < -0.4 is 10.6 Å². The molecule has 0 aliphatic carbocycles. The van der Waals surface area contributed by atoms with Crippen molar-refractivity contribution in [2.45, 2.75) is 25.4 Å². The van der Waals surface area contributed by atoms with E-state index in [0.717, 1.165) is 43.3 Å². The number of amides is 1. The molecule has 1 aliphatic heterocycles. The summed E-state index contributed by atoms with van der Waals surface area (Å²) < 4.78 is 0. The van der Waals surface area contributed by atoms with Crippen molar-refractivity contribution in [2.24, 2.45) is 0 Å². The number of carbonyl (C=O) groups is 1. The van der Waals surface area contributed by atoms with Crippen LogP contribution in [0.25, 0.3) is 0 Å². The average molecular weight is 393 g/mol. The molecular formula is C22H24N4OS. The fraction of sp³-hybridized carbons (Fsp3) is 0.273. The third-order valence-corrected chi connectivity index (χ3v) is 5.67. The third-order valence-electron chi connectivity index (χ3n) is 4.98. The number of carbonyl (C=O) groups excluding carboxylic acids is 1. The lowest BCUT2D eigenvalue weighted by molar-refractivity contribution is 0.0909. The lowest BCUT2D eigenvalue weighted by Crippen LogP contribution is -2.44. The monoisotopic (exact) mass is 392 g/mol. The molecule has 0 bridgehead atoms. The Morgan fingerprint density at radius 3 is 2.68 bits per heavy atom. The smallest absolute Gasteiger partial charge is 0.251 e. The molecule has 0 radical (unpaired) electrons. The first-order chi connectivity index (χ1) is 13.8. The Kier molecular flexibility index (Phi) is 5.99. The molecule has 1 saturated heterocycles. The standard InChI is InChI=1S/C22H24N4OS/c27-21(18-7-4-8-20(15-18)25-22-23-11-14-28-22)24-19-9-12-26(13-10-19)16-17-5-2-1-3-6-17/h1-8,11,14-15,19H,9-10,12-13,16H2,(H,23,25)(H,24,27). The van der Waals surface area contributed by atoms with Gasteiger partial charge in [0.15, 0.2) is 5.13 Å². The molecule has 0 spiro atoms. The maximum absolute atomic E-state index is 12.7. The number of anilines is 2. The fourth-order valence-electron chi connectivity index (χ4n) is 3.49. The highest BCUT2D eigenvalue weighted by atomic mass is 32.1. The van der Waals surface area contributed by atoms with E-state index >= 15 is 0 Å². The van der Waals surface area contributed by atoms with Crippen molar-refractivity contribution in [1.82, 2.24) is 15.2 Å². The van der Waals surface area contributed by atoms with E-state index < -0.39 is 0 Å². The van der Waals surface area contributed by atoms with Gasteiger partial charge in [-0.3, -0.25) is 9.69 Å². The quantitative estimate of drug-likeness (QED) is 0.657. The molecule has 2 aromatic carbocycles. The zero-order chi connectivity index (χ0) is 19.2. The van der Waals surface area contributed by atoms with Crippen molar-refractivity contribution < 1.29 is 4.79 Å². The summed E-state index contributed by atoms with van der Waals surface area (Å²) in [6, 6.07) is 18.4. The van der Waals surface area contributed by atoms with Crippen LogP contribution in [0.2, 0.25) is 0 Å². The lowest BCUT2D eigenvalue weighted by atomic mass is 10.0. The second kappa shape index (κ2) is 8.99. The van der Waals surface area contributed by atoms with Crippen molar-refractivity contribution in [3.8, 4) is 0 Å². The highest BCUT2D eigenvalue weighted by Crippen LogP contribution is 2.20. The van der Waals surface area contributed by atoms with E-state index in [1.807, 2.05) is 35.7 Å². The van der Waals surface area contributed by atoms with Crippen LogP contribution in [0.4, 0.5) is 10.8 Å². The van der Waals surface area contributed by atoms with Gasteiger partial charge in [0.1, 0.15) is 0 Å². The predicted octanol–water partition coefficient (Wildman–Crippen LogP) is 4.28. The molecule has 4 rings (SSSR count). The number of aromatic nitrogens is 1. The first kappa shape index (κ1) is 18.7. The highest BCUT2D eigenvalue weighted by molar-refractivity contribution is 7.13. The van der Waals surface area contributed by atoms with Crippen molar-refractivity contribution in [1.29, 1.82) is 0 Å². The van der Waals surface area contributed by atoms with Gasteiger partial charge in [-0.15, -0.1) is 11.3 Å². The number of hydrogen-bond donors (Lipinski definition) is 2. The number of likely N-dealkylation sites (tertiary alicyclic amines) is 1. The number of nitrogens with zero attached hydrogens (tertiary/aromatic N) is 2. The fourth-order valence-corrected chi connectivity index (χ4v) is 4.04. The number of thiazole rings is 1. The number of piperidine rings is 1. The molecule has 3 aromatic rings. The average Bonchev–Trinajstić information content (AvgIpc) is 3.23. The largest absolute Gasteiger partial charge is 0.349 e. The van der Waals surface area contributed by atoms with Gasteiger partial charge in [0, 0.05) is 48.5 Å². The number of nitrogens with one attached hydrogen (secondary N) is 2. The molecule has 1 fully saturated rings. The van der Waals surface area contributed by atoms with Gasteiger partial charge in [0.25, 0.3) is 5.91 Å². The van der Waals surface area contributed by atoms with Crippen LogP contribution in [0.15, 0.2) is 66.2 Å². The SMILES string of the molecule is O=C(NC1CCN(Cc2ccccc2)CC1)c1cccc(Nc2nccs2)c1. The van der Waals surface area contributed by atoms with Gasteiger partial charge in [-0.05, 0) is 36.6 Å². The molecule has 2 N–H and O–H groups in total. The molecule has 5 nitrogen and oxygen atoms in total. The highest BCUT2D eigenvalue weighted by Gasteiger charge is 2.21. The van der Waals surface area contributed by atoms with E-state index in [-0.39, 0.29) is 11.9 Å². The topological polar surface area (TPSA) is 57.3 Å². The van der Waals surface area contributed by atoms with Crippen LogP contribution in [0.5, 0.6) is 0 Å². The Bertz CT molecular complexity index is 890. The molecule has 0 saturated carbocycles. The van der Waals surface area contributed by atoms with Gasteiger partial charge in [0.2, 0.25) is 0 Å². The van der Waals surface area contributed by atoms with Crippen LogP contribution in [0, 0.1) is 0 Å². The van der Waals surface area contributed by atoms with E-state index in [1.54, 1.807) is 6.20 Å². The molecule has 144 valence electrons. The van der Waals surface area contributed by atoms with Crippen molar-refractivity contribution in [2.75, 3.05) is 18.4 Å². The van der Waals surface area contributed by atoms with E-state index in [0.29, 0.717) is 5.56 Å². The van der Waals surface area contributed by atoms with Crippen LogP contribution in [-0.2, 0) is 6.54 Å². The van der Waals surface area contributed by atoms with Crippen molar-refractivity contribution in [3.05, 3.63) is 77.3 Å². The van der Waals surface area contributed by atoms with Gasteiger partial charge in [-0.25, -0.2) is 4.98 Å². The zero-order valence-corrected chi connectivity index (χ0v) is 16.5. The molecule has 6 heteroatoms. The summed E-state index contributed by atoms with van der Waals surface area (Å²) in [6.45, 7) is 2.99. The number of benzene rings is 2. The lowest BCUT2D eigenvalue weighted by Gasteiger charge is -2.32.